The van der Waals surface area contributed by atoms with Crippen molar-refractivity contribution in [1.82, 2.24) is 19.6 Å². The molecule has 2 rings (SSSR count). The van der Waals surface area contributed by atoms with Crippen molar-refractivity contribution in [2.75, 3.05) is 79.0 Å². The van der Waals surface area contributed by atoms with Gasteiger partial charge in [-0.3, -0.25) is 14.7 Å². The van der Waals surface area contributed by atoms with Crippen molar-refractivity contribution < 1.29 is 0 Å². The third-order valence-corrected chi connectivity index (χ3v) is 4.30. The number of rotatable bonds is 5. The summed E-state index contributed by atoms with van der Waals surface area (Å²) in [6, 6.07) is 0. The molecule has 0 aliphatic carbocycles. The Balaban J connectivity index is 1.59. The second-order valence-electron chi connectivity index (χ2n) is 5.73. The fourth-order valence-electron chi connectivity index (χ4n) is 2.75. The van der Waals surface area contributed by atoms with E-state index in [4.69, 9.17) is 18.0 Å². The maximum Gasteiger partial charge on any atom is 0.0870 e. The molecule has 0 saturated carbocycles. The van der Waals surface area contributed by atoms with Gasteiger partial charge in [0.25, 0.3) is 0 Å². The third-order valence-electron chi connectivity index (χ3n) is 4.17. The zero-order chi connectivity index (χ0) is 13.7. The summed E-state index contributed by atoms with van der Waals surface area (Å²) in [7, 11) is 2.21. The Kier molecular flexibility index (Phi) is 5.97. The molecule has 2 N–H and O–H groups in total. The number of likely N-dealkylation sites (N-methyl/N-ethyl adjacent to an activating group) is 1. The molecule has 5 nitrogen and oxygen atoms in total. The van der Waals surface area contributed by atoms with Crippen LogP contribution in [0.1, 0.15) is 0 Å². The minimum Gasteiger partial charge on any atom is -0.392 e. The zero-order valence-corrected chi connectivity index (χ0v) is 12.9. The van der Waals surface area contributed by atoms with Crippen LogP contribution in [0.5, 0.6) is 0 Å². The highest BCUT2D eigenvalue weighted by Crippen LogP contribution is 2.03. The molecular weight excluding hydrogens is 258 g/mol. The van der Waals surface area contributed by atoms with Crippen molar-refractivity contribution in [3.05, 3.63) is 0 Å². The summed E-state index contributed by atoms with van der Waals surface area (Å²) in [5.41, 5.74) is 5.59. The van der Waals surface area contributed by atoms with Crippen molar-refractivity contribution >= 4 is 17.2 Å². The van der Waals surface area contributed by atoms with Gasteiger partial charge < -0.3 is 10.6 Å². The molecule has 0 aromatic rings. The van der Waals surface area contributed by atoms with Crippen molar-refractivity contribution in [3.8, 4) is 0 Å². The molecule has 0 bridgehead atoms. The van der Waals surface area contributed by atoms with Gasteiger partial charge in [0, 0.05) is 72.0 Å². The molecule has 0 unspecified atom stereocenters. The molecule has 110 valence electrons. The Bertz CT molecular complexity index is 283. The van der Waals surface area contributed by atoms with Gasteiger partial charge >= 0.3 is 0 Å². The number of nitrogens with two attached hydrogens (primary N) is 1. The van der Waals surface area contributed by atoms with Gasteiger partial charge in [-0.1, -0.05) is 12.2 Å². The summed E-state index contributed by atoms with van der Waals surface area (Å²) in [6.07, 6.45) is 0. The first kappa shape index (κ1) is 15.1. The SMILES string of the molecule is CN1CCN(CCN2CCN(CC(N)=S)CC2)CC1. The van der Waals surface area contributed by atoms with E-state index >= 15 is 0 Å². The Morgan fingerprint density at radius 1 is 0.842 bits per heavy atom. The van der Waals surface area contributed by atoms with E-state index in [1.807, 2.05) is 0 Å². The van der Waals surface area contributed by atoms with Crippen LogP contribution in [-0.2, 0) is 0 Å². The Morgan fingerprint density at radius 3 is 1.74 bits per heavy atom. The van der Waals surface area contributed by atoms with Gasteiger partial charge in [0.2, 0.25) is 0 Å². The fourth-order valence-corrected chi connectivity index (χ4v) is 2.93. The van der Waals surface area contributed by atoms with Gasteiger partial charge in [-0.15, -0.1) is 0 Å². The Hall–Kier alpha value is -0.270. The first-order valence-electron chi connectivity index (χ1n) is 7.27. The second-order valence-corrected chi connectivity index (χ2v) is 6.25. The number of nitrogens with zero attached hydrogens (tertiary/aromatic N) is 4. The first-order chi connectivity index (χ1) is 9.13. The monoisotopic (exact) mass is 285 g/mol. The molecule has 2 aliphatic rings. The molecule has 0 spiro atoms. The minimum atomic E-state index is 0.617. The van der Waals surface area contributed by atoms with E-state index < -0.39 is 0 Å². The zero-order valence-electron chi connectivity index (χ0n) is 12.1. The van der Waals surface area contributed by atoms with E-state index in [1.54, 1.807) is 0 Å². The highest BCUT2D eigenvalue weighted by atomic mass is 32.1. The summed E-state index contributed by atoms with van der Waals surface area (Å²) >= 11 is 4.96. The summed E-state index contributed by atoms with van der Waals surface area (Å²) in [5, 5.41) is 0. The van der Waals surface area contributed by atoms with E-state index in [0.29, 0.717) is 4.99 Å². The standard InChI is InChI=1S/C13H27N5S/c1-15-2-4-16(5-3-15)6-7-17-8-10-18(11-9-17)12-13(14)19/h2-12H2,1H3,(H2,14,19). The maximum absolute atomic E-state index is 5.59. The van der Waals surface area contributed by atoms with Crippen LogP contribution >= 0.6 is 12.2 Å². The van der Waals surface area contributed by atoms with Gasteiger partial charge in [0.05, 0.1) is 4.99 Å². The van der Waals surface area contributed by atoms with Crippen LogP contribution in [0.25, 0.3) is 0 Å². The average Bonchev–Trinajstić information content (AvgIpc) is 2.39. The topological polar surface area (TPSA) is 39.0 Å². The van der Waals surface area contributed by atoms with Gasteiger partial charge in [-0.2, -0.15) is 0 Å². The predicted octanol–water partition coefficient (Wildman–Crippen LogP) is -0.862. The predicted molar refractivity (Wildman–Crippen MR) is 83.6 cm³/mol. The number of hydrogen-bond acceptors (Lipinski definition) is 5. The lowest BCUT2D eigenvalue weighted by Gasteiger charge is -2.37. The number of hydrogen-bond donors (Lipinski definition) is 1. The summed E-state index contributed by atoms with van der Waals surface area (Å²) in [5.74, 6) is 0. The van der Waals surface area contributed by atoms with Crippen molar-refractivity contribution in [3.63, 3.8) is 0 Å². The molecule has 0 aromatic carbocycles. The fraction of sp³-hybridized carbons (Fsp3) is 0.923. The van der Waals surface area contributed by atoms with Crippen molar-refractivity contribution in [2.24, 2.45) is 5.73 Å². The normalized spacial score (nSPS) is 24.7. The van der Waals surface area contributed by atoms with Crippen molar-refractivity contribution in [2.45, 2.75) is 0 Å². The first-order valence-corrected chi connectivity index (χ1v) is 7.68. The Morgan fingerprint density at radius 2 is 1.26 bits per heavy atom. The number of piperazine rings is 2. The molecule has 6 heteroatoms. The average molecular weight is 285 g/mol. The maximum atomic E-state index is 5.59. The van der Waals surface area contributed by atoms with Gasteiger partial charge in [-0.25, -0.2) is 0 Å². The quantitative estimate of drug-likeness (QED) is 0.663. The lowest BCUT2D eigenvalue weighted by Crippen LogP contribution is -2.51. The van der Waals surface area contributed by atoms with E-state index in [9.17, 15) is 0 Å². The molecule has 2 heterocycles. The smallest absolute Gasteiger partial charge is 0.0870 e. The minimum absolute atomic E-state index is 0.617. The van der Waals surface area contributed by atoms with Crippen LogP contribution in [-0.4, -0.2) is 104 Å². The molecule has 19 heavy (non-hydrogen) atoms. The Labute approximate surface area is 122 Å². The summed E-state index contributed by atoms with van der Waals surface area (Å²) in [4.78, 5) is 10.5. The van der Waals surface area contributed by atoms with Gasteiger partial charge in [-0.05, 0) is 7.05 Å². The van der Waals surface area contributed by atoms with E-state index in [-0.39, 0.29) is 0 Å². The second kappa shape index (κ2) is 7.50. The molecule has 2 fully saturated rings. The van der Waals surface area contributed by atoms with Crippen LogP contribution in [0.2, 0.25) is 0 Å². The lowest BCUT2D eigenvalue weighted by molar-refractivity contribution is 0.107. The highest BCUT2D eigenvalue weighted by Gasteiger charge is 2.19. The van der Waals surface area contributed by atoms with Crippen LogP contribution < -0.4 is 5.73 Å². The number of thiocarbonyl (C=S) groups is 1. The van der Waals surface area contributed by atoms with Gasteiger partial charge in [0.15, 0.2) is 0 Å². The lowest BCUT2D eigenvalue weighted by atomic mass is 10.3. The largest absolute Gasteiger partial charge is 0.392 e. The molecule has 0 amide bonds. The molecule has 2 aliphatic heterocycles. The van der Waals surface area contributed by atoms with Crippen LogP contribution in [0, 0.1) is 0 Å². The summed E-state index contributed by atoms with van der Waals surface area (Å²) in [6.45, 7) is 12.5. The molecule has 2 saturated heterocycles. The molecule has 0 aromatic heterocycles. The van der Waals surface area contributed by atoms with Crippen molar-refractivity contribution in [1.29, 1.82) is 0 Å². The van der Waals surface area contributed by atoms with E-state index in [1.165, 1.54) is 39.3 Å². The summed E-state index contributed by atoms with van der Waals surface area (Å²) < 4.78 is 0. The third kappa shape index (κ3) is 5.31. The molecule has 0 atom stereocenters. The van der Waals surface area contributed by atoms with E-state index in [0.717, 1.165) is 32.7 Å². The van der Waals surface area contributed by atoms with Crippen LogP contribution in [0.15, 0.2) is 0 Å². The van der Waals surface area contributed by atoms with Crippen LogP contribution in [0.4, 0.5) is 0 Å². The highest BCUT2D eigenvalue weighted by molar-refractivity contribution is 7.80. The molecule has 0 radical (unpaired) electrons. The van der Waals surface area contributed by atoms with Crippen LogP contribution in [0.3, 0.4) is 0 Å². The van der Waals surface area contributed by atoms with Gasteiger partial charge in [0.1, 0.15) is 0 Å². The molecular formula is C13H27N5S. The van der Waals surface area contributed by atoms with E-state index in [2.05, 4.69) is 26.6 Å².